The molecule has 4 nitrogen and oxygen atoms in total. The number of aliphatic imine (C=N–C) groups is 1. The van der Waals surface area contributed by atoms with Gasteiger partial charge in [0.05, 0.1) is 6.54 Å². The first-order chi connectivity index (χ1) is 3.97. The van der Waals surface area contributed by atoms with Crippen LogP contribution < -0.4 is 0 Å². The zero-order valence-electron chi connectivity index (χ0n) is 4.36. The molecule has 0 atom stereocenters. The molecule has 4 heteroatoms. The van der Waals surface area contributed by atoms with E-state index in [1.807, 2.05) is 11.2 Å². The summed E-state index contributed by atoms with van der Waals surface area (Å²) < 4.78 is 0. The van der Waals surface area contributed by atoms with Crippen molar-refractivity contribution in [1.82, 2.24) is 10.1 Å². The summed E-state index contributed by atoms with van der Waals surface area (Å²) in [6.07, 6.45) is 3.59. The van der Waals surface area contributed by atoms with E-state index in [4.69, 9.17) is 0 Å². The third-order valence-corrected chi connectivity index (χ3v) is 1.21. The maximum atomic E-state index is 3.98. The molecule has 2 rings (SSSR count). The zero-order chi connectivity index (χ0) is 5.40. The van der Waals surface area contributed by atoms with Gasteiger partial charge in [-0.05, 0) is 0 Å². The van der Waals surface area contributed by atoms with Gasteiger partial charge in [0.2, 0.25) is 0 Å². The van der Waals surface area contributed by atoms with Gasteiger partial charge in [0.25, 0.3) is 0 Å². The highest BCUT2D eigenvalue weighted by atomic mass is 15.8. The summed E-state index contributed by atoms with van der Waals surface area (Å²) in [5.74, 6) is 0. The van der Waals surface area contributed by atoms with E-state index >= 15 is 0 Å². The molecule has 0 amide bonds. The zero-order valence-corrected chi connectivity index (χ0v) is 4.36. The second kappa shape index (κ2) is 1.29. The Bertz CT molecular complexity index is 134. The van der Waals surface area contributed by atoms with Crippen molar-refractivity contribution in [2.75, 3.05) is 13.2 Å². The number of nitrogens with zero attached hydrogens (tertiary/aromatic N) is 4. The van der Waals surface area contributed by atoms with E-state index in [1.54, 1.807) is 11.5 Å². The molecule has 0 spiro atoms. The molecule has 0 aliphatic carbocycles. The third kappa shape index (κ3) is 0.376. The average Bonchev–Trinajstić information content (AvgIpc) is 2.15. The Morgan fingerprint density at radius 1 is 1.50 bits per heavy atom. The highest BCUT2D eigenvalue weighted by molar-refractivity contribution is 5.67. The molecular formula is C4H6N4. The number of rotatable bonds is 0. The van der Waals surface area contributed by atoms with E-state index < -0.39 is 0 Å². The highest BCUT2D eigenvalue weighted by Gasteiger charge is 2.18. The van der Waals surface area contributed by atoms with Crippen LogP contribution in [-0.2, 0) is 0 Å². The largest absolute Gasteiger partial charge is 0.255 e. The second-order valence-corrected chi connectivity index (χ2v) is 1.75. The van der Waals surface area contributed by atoms with E-state index in [-0.39, 0.29) is 0 Å². The highest BCUT2D eigenvalue weighted by Crippen LogP contribution is 2.05. The average molecular weight is 110 g/mol. The summed E-state index contributed by atoms with van der Waals surface area (Å²) in [6, 6.07) is 0. The lowest BCUT2D eigenvalue weighted by molar-refractivity contribution is 0.120. The van der Waals surface area contributed by atoms with Crippen molar-refractivity contribution in [2.24, 2.45) is 10.1 Å². The van der Waals surface area contributed by atoms with Gasteiger partial charge in [-0.3, -0.25) is 4.99 Å². The first-order valence-corrected chi connectivity index (χ1v) is 2.53. The molecule has 2 aliphatic rings. The monoisotopic (exact) mass is 110 g/mol. The van der Waals surface area contributed by atoms with Crippen molar-refractivity contribution in [3.8, 4) is 0 Å². The van der Waals surface area contributed by atoms with Crippen LogP contribution in [0.5, 0.6) is 0 Å². The quantitative estimate of drug-likeness (QED) is 0.421. The van der Waals surface area contributed by atoms with E-state index in [2.05, 4.69) is 10.1 Å². The lowest BCUT2D eigenvalue weighted by atomic mass is 10.7. The molecule has 0 aromatic carbocycles. The third-order valence-electron chi connectivity index (χ3n) is 1.21. The Morgan fingerprint density at radius 2 is 2.50 bits per heavy atom. The Morgan fingerprint density at radius 3 is 3.38 bits per heavy atom. The number of hydrazone groups is 1. The molecule has 0 aromatic rings. The standard InChI is InChI=1S/C4H6N4/c1-2-7-3-5-4-8(7)6-1/h1,4H,2-3H2. The van der Waals surface area contributed by atoms with Crippen molar-refractivity contribution < 1.29 is 0 Å². The van der Waals surface area contributed by atoms with Gasteiger partial charge in [-0.2, -0.15) is 15.2 Å². The Hall–Kier alpha value is -0.900. The smallest absolute Gasteiger partial charge is 0.126 e. The summed E-state index contributed by atoms with van der Waals surface area (Å²) in [5.41, 5.74) is 0. The normalized spacial score (nSPS) is 25.2. The fraction of sp³-hybridized carbons (Fsp3) is 0.500. The molecule has 0 unspecified atom stereocenters. The maximum Gasteiger partial charge on any atom is 0.126 e. The first-order valence-electron chi connectivity index (χ1n) is 2.53. The summed E-state index contributed by atoms with van der Waals surface area (Å²) in [7, 11) is 0. The lowest BCUT2D eigenvalue weighted by Crippen LogP contribution is -2.28. The minimum atomic E-state index is 0.764. The minimum Gasteiger partial charge on any atom is -0.255 e. The molecule has 8 heavy (non-hydrogen) atoms. The van der Waals surface area contributed by atoms with Gasteiger partial charge in [-0.15, -0.1) is 0 Å². The van der Waals surface area contributed by atoms with Crippen LogP contribution in [0.15, 0.2) is 10.1 Å². The van der Waals surface area contributed by atoms with Gasteiger partial charge < -0.3 is 0 Å². The van der Waals surface area contributed by atoms with Crippen molar-refractivity contribution in [1.29, 1.82) is 0 Å². The summed E-state index contributed by atoms with van der Waals surface area (Å²) in [4.78, 5) is 3.98. The van der Waals surface area contributed by atoms with Crippen LogP contribution in [0.3, 0.4) is 0 Å². The molecule has 0 radical (unpaired) electrons. The fourth-order valence-corrected chi connectivity index (χ4v) is 0.800. The maximum absolute atomic E-state index is 3.98. The Balaban J connectivity index is 2.22. The molecule has 2 aliphatic heterocycles. The number of fused-ring (bicyclic) bond motifs is 1. The van der Waals surface area contributed by atoms with Crippen molar-refractivity contribution in [3.63, 3.8) is 0 Å². The first kappa shape index (κ1) is 4.03. The van der Waals surface area contributed by atoms with Gasteiger partial charge in [0.1, 0.15) is 13.0 Å². The fourth-order valence-electron chi connectivity index (χ4n) is 0.800. The van der Waals surface area contributed by atoms with Crippen LogP contribution in [-0.4, -0.2) is 35.9 Å². The summed E-state index contributed by atoms with van der Waals surface area (Å²) >= 11 is 0. The summed E-state index contributed by atoms with van der Waals surface area (Å²) in [5, 5.41) is 7.76. The van der Waals surface area contributed by atoms with Crippen LogP contribution in [0.2, 0.25) is 0 Å². The van der Waals surface area contributed by atoms with Crippen LogP contribution in [0.4, 0.5) is 0 Å². The van der Waals surface area contributed by atoms with Gasteiger partial charge in [-0.1, -0.05) is 0 Å². The molecule has 42 valence electrons. The van der Waals surface area contributed by atoms with E-state index in [1.165, 1.54) is 0 Å². The molecule has 0 saturated carbocycles. The second-order valence-electron chi connectivity index (χ2n) is 1.75. The van der Waals surface area contributed by atoms with E-state index in [9.17, 15) is 0 Å². The molecule has 0 fully saturated rings. The SMILES string of the molecule is C1=NCN2CC=NN12. The molecule has 0 aromatic heterocycles. The van der Waals surface area contributed by atoms with Crippen LogP contribution in [0, 0.1) is 0 Å². The topological polar surface area (TPSA) is 31.2 Å². The van der Waals surface area contributed by atoms with Gasteiger partial charge in [-0.25, -0.2) is 0 Å². The molecule has 0 N–H and O–H groups in total. The van der Waals surface area contributed by atoms with Crippen LogP contribution >= 0.6 is 0 Å². The predicted molar refractivity (Wildman–Crippen MR) is 30.4 cm³/mol. The van der Waals surface area contributed by atoms with Crippen molar-refractivity contribution in [3.05, 3.63) is 0 Å². The number of hydrogen-bond acceptors (Lipinski definition) is 4. The minimum absolute atomic E-state index is 0.764. The van der Waals surface area contributed by atoms with E-state index in [0.29, 0.717) is 0 Å². The molecule has 2 heterocycles. The Kier molecular flexibility index (Phi) is 0.648. The number of hydrazine groups is 1. The lowest BCUT2D eigenvalue weighted by Gasteiger charge is -2.12. The van der Waals surface area contributed by atoms with Gasteiger partial charge >= 0.3 is 0 Å². The van der Waals surface area contributed by atoms with Crippen molar-refractivity contribution in [2.45, 2.75) is 0 Å². The van der Waals surface area contributed by atoms with Crippen LogP contribution in [0.25, 0.3) is 0 Å². The Labute approximate surface area is 47.1 Å². The molecular weight excluding hydrogens is 104 g/mol. The molecule has 0 bridgehead atoms. The van der Waals surface area contributed by atoms with Gasteiger partial charge in [0.15, 0.2) is 0 Å². The van der Waals surface area contributed by atoms with Crippen LogP contribution in [0.1, 0.15) is 0 Å². The number of hydrogen-bond donors (Lipinski definition) is 0. The van der Waals surface area contributed by atoms with Gasteiger partial charge in [0, 0.05) is 6.21 Å². The van der Waals surface area contributed by atoms with E-state index in [0.717, 1.165) is 13.2 Å². The molecule has 0 saturated heterocycles. The van der Waals surface area contributed by atoms with Crippen molar-refractivity contribution >= 4 is 12.6 Å². The predicted octanol–water partition coefficient (Wildman–Crippen LogP) is -0.496. The summed E-state index contributed by atoms with van der Waals surface area (Å²) in [6.45, 7) is 1.67.